The molecular formula is C15H17NOS. The molecule has 0 radical (unpaired) electrons. The van der Waals surface area contributed by atoms with Crippen molar-refractivity contribution in [1.82, 2.24) is 5.32 Å². The number of hydrogen-bond acceptors (Lipinski definition) is 2. The number of aryl methyl sites for hydroxylation is 2. The summed E-state index contributed by atoms with van der Waals surface area (Å²) in [5.41, 5.74) is 4.38. The highest BCUT2D eigenvalue weighted by Gasteiger charge is 2.05. The maximum Gasteiger partial charge on any atom is 0.251 e. The van der Waals surface area contributed by atoms with E-state index < -0.39 is 0 Å². The first kappa shape index (κ1) is 12.8. The predicted octanol–water partition coefficient (Wildman–Crippen LogP) is 3.34. The van der Waals surface area contributed by atoms with Crippen LogP contribution < -0.4 is 5.32 Å². The van der Waals surface area contributed by atoms with Gasteiger partial charge < -0.3 is 5.32 Å². The largest absolute Gasteiger partial charge is 0.352 e. The monoisotopic (exact) mass is 259 g/mol. The van der Waals surface area contributed by atoms with Crippen molar-refractivity contribution in [3.63, 3.8) is 0 Å². The number of rotatable bonds is 4. The summed E-state index contributed by atoms with van der Waals surface area (Å²) in [5, 5.41) is 7.12. The van der Waals surface area contributed by atoms with Gasteiger partial charge in [0, 0.05) is 12.1 Å². The van der Waals surface area contributed by atoms with Crippen LogP contribution in [0.1, 0.15) is 27.0 Å². The van der Waals surface area contributed by atoms with Crippen molar-refractivity contribution in [2.75, 3.05) is 6.54 Å². The number of amides is 1. The van der Waals surface area contributed by atoms with Gasteiger partial charge in [0.1, 0.15) is 0 Å². The average molecular weight is 259 g/mol. The van der Waals surface area contributed by atoms with Gasteiger partial charge in [-0.25, -0.2) is 0 Å². The summed E-state index contributed by atoms with van der Waals surface area (Å²) in [5.74, 6) is 0.00771. The van der Waals surface area contributed by atoms with Gasteiger partial charge in [-0.3, -0.25) is 4.79 Å². The van der Waals surface area contributed by atoms with Gasteiger partial charge in [0.05, 0.1) is 0 Å². The Morgan fingerprint density at radius 2 is 2.06 bits per heavy atom. The summed E-state index contributed by atoms with van der Waals surface area (Å²) in [4.78, 5) is 11.9. The molecule has 1 heterocycles. The summed E-state index contributed by atoms with van der Waals surface area (Å²) in [6.45, 7) is 4.76. The molecule has 2 aromatic rings. The van der Waals surface area contributed by atoms with Gasteiger partial charge in [-0.1, -0.05) is 6.07 Å². The predicted molar refractivity (Wildman–Crippen MR) is 76.3 cm³/mol. The van der Waals surface area contributed by atoms with Gasteiger partial charge in [0.2, 0.25) is 0 Å². The van der Waals surface area contributed by atoms with Crippen molar-refractivity contribution in [1.29, 1.82) is 0 Å². The minimum absolute atomic E-state index is 0.00771. The molecule has 0 bridgehead atoms. The van der Waals surface area contributed by atoms with Crippen molar-refractivity contribution >= 4 is 17.2 Å². The lowest BCUT2D eigenvalue weighted by molar-refractivity contribution is 0.0954. The van der Waals surface area contributed by atoms with Crippen molar-refractivity contribution < 1.29 is 4.79 Å². The second-order valence-electron chi connectivity index (χ2n) is 4.44. The molecule has 0 unspecified atom stereocenters. The van der Waals surface area contributed by atoms with E-state index in [0.29, 0.717) is 6.54 Å². The number of carbonyl (C=O) groups is 1. The molecule has 0 aliphatic carbocycles. The molecule has 1 aromatic heterocycles. The fraction of sp³-hybridized carbons (Fsp3) is 0.267. The van der Waals surface area contributed by atoms with Crippen LogP contribution in [0.5, 0.6) is 0 Å². The quantitative estimate of drug-likeness (QED) is 0.896. The molecule has 2 nitrogen and oxygen atoms in total. The van der Waals surface area contributed by atoms with Gasteiger partial charge in [-0.15, -0.1) is 0 Å². The van der Waals surface area contributed by atoms with E-state index in [1.54, 1.807) is 11.3 Å². The zero-order chi connectivity index (χ0) is 13.0. The van der Waals surface area contributed by atoms with Crippen LogP contribution in [0.15, 0.2) is 35.0 Å². The lowest BCUT2D eigenvalue weighted by Gasteiger charge is -2.06. The first-order valence-corrected chi connectivity index (χ1v) is 6.97. The fourth-order valence-electron chi connectivity index (χ4n) is 1.74. The lowest BCUT2D eigenvalue weighted by atomic mass is 10.1. The van der Waals surface area contributed by atoms with E-state index in [1.165, 1.54) is 11.1 Å². The molecule has 18 heavy (non-hydrogen) atoms. The van der Waals surface area contributed by atoms with Crippen molar-refractivity contribution in [2.45, 2.75) is 20.3 Å². The van der Waals surface area contributed by atoms with E-state index >= 15 is 0 Å². The van der Waals surface area contributed by atoms with Crippen molar-refractivity contribution in [2.24, 2.45) is 0 Å². The Bertz CT molecular complexity index is 531. The minimum Gasteiger partial charge on any atom is -0.352 e. The molecule has 1 amide bonds. The lowest BCUT2D eigenvalue weighted by Crippen LogP contribution is -2.25. The van der Waals surface area contributed by atoms with Crippen LogP contribution in [0, 0.1) is 13.8 Å². The molecule has 0 aliphatic rings. The van der Waals surface area contributed by atoms with Gasteiger partial charge in [-0.2, -0.15) is 11.3 Å². The first-order chi connectivity index (χ1) is 8.66. The molecule has 0 spiro atoms. The minimum atomic E-state index is 0.00771. The zero-order valence-corrected chi connectivity index (χ0v) is 11.5. The molecule has 2 rings (SSSR count). The third kappa shape index (κ3) is 3.20. The molecule has 0 saturated heterocycles. The van der Waals surface area contributed by atoms with Gasteiger partial charge in [0.15, 0.2) is 0 Å². The standard InChI is InChI=1S/C15H17NOS/c1-11-3-4-14(9-12(11)2)15(17)16-7-5-13-6-8-18-10-13/h3-4,6,8-10H,5,7H2,1-2H3,(H,16,17). The number of thiophene rings is 1. The van der Waals surface area contributed by atoms with Gasteiger partial charge >= 0.3 is 0 Å². The van der Waals surface area contributed by atoms with Crippen LogP contribution in [0.4, 0.5) is 0 Å². The maximum absolute atomic E-state index is 11.9. The Kier molecular flexibility index (Phi) is 4.15. The van der Waals surface area contributed by atoms with Gasteiger partial charge in [0.25, 0.3) is 5.91 Å². The topological polar surface area (TPSA) is 29.1 Å². The Morgan fingerprint density at radius 1 is 1.22 bits per heavy atom. The molecule has 0 saturated carbocycles. The summed E-state index contributed by atoms with van der Waals surface area (Å²) in [6, 6.07) is 7.90. The van der Waals surface area contributed by atoms with Crippen LogP contribution in [0.2, 0.25) is 0 Å². The molecule has 0 aliphatic heterocycles. The highest BCUT2D eigenvalue weighted by Crippen LogP contribution is 2.10. The Labute approximate surface area is 112 Å². The molecule has 0 atom stereocenters. The third-order valence-corrected chi connectivity index (χ3v) is 3.78. The highest BCUT2D eigenvalue weighted by atomic mass is 32.1. The second kappa shape index (κ2) is 5.83. The Balaban J connectivity index is 1.89. The Hall–Kier alpha value is -1.61. The van der Waals surface area contributed by atoms with E-state index in [4.69, 9.17) is 0 Å². The SMILES string of the molecule is Cc1ccc(C(=O)NCCc2ccsc2)cc1C. The maximum atomic E-state index is 11.9. The molecule has 0 fully saturated rings. The number of nitrogens with one attached hydrogen (secondary N) is 1. The van der Waals surface area contributed by atoms with E-state index in [2.05, 4.69) is 22.1 Å². The van der Waals surface area contributed by atoms with Crippen LogP contribution in [-0.4, -0.2) is 12.5 Å². The molecular weight excluding hydrogens is 242 g/mol. The molecule has 94 valence electrons. The highest BCUT2D eigenvalue weighted by molar-refractivity contribution is 7.07. The van der Waals surface area contributed by atoms with Crippen LogP contribution in [0.3, 0.4) is 0 Å². The summed E-state index contributed by atoms with van der Waals surface area (Å²) < 4.78 is 0. The zero-order valence-electron chi connectivity index (χ0n) is 10.7. The molecule has 3 heteroatoms. The first-order valence-electron chi connectivity index (χ1n) is 6.03. The van der Waals surface area contributed by atoms with Crippen molar-refractivity contribution in [3.05, 3.63) is 57.3 Å². The van der Waals surface area contributed by atoms with E-state index in [9.17, 15) is 4.79 Å². The van der Waals surface area contributed by atoms with Crippen LogP contribution in [0.25, 0.3) is 0 Å². The number of benzene rings is 1. The van der Waals surface area contributed by atoms with Crippen molar-refractivity contribution in [3.8, 4) is 0 Å². The fourth-order valence-corrected chi connectivity index (χ4v) is 2.44. The third-order valence-electron chi connectivity index (χ3n) is 3.05. The second-order valence-corrected chi connectivity index (χ2v) is 5.22. The normalized spacial score (nSPS) is 10.3. The van der Waals surface area contributed by atoms with Crippen LogP contribution in [-0.2, 0) is 6.42 Å². The average Bonchev–Trinajstić information content (AvgIpc) is 2.85. The van der Waals surface area contributed by atoms with E-state index in [1.807, 2.05) is 32.0 Å². The summed E-state index contributed by atoms with van der Waals surface area (Å²) >= 11 is 1.69. The molecule has 1 aromatic carbocycles. The number of carbonyl (C=O) groups excluding carboxylic acids is 1. The summed E-state index contributed by atoms with van der Waals surface area (Å²) in [7, 11) is 0. The number of hydrogen-bond donors (Lipinski definition) is 1. The smallest absolute Gasteiger partial charge is 0.251 e. The van der Waals surface area contributed by atoms with Crippen LogP contribution >= 0.6 is 11.3 Å². The van der Waals surface area contributed by atoms with E-state index in [-0.39, 0.29) is 5.91 Å². The van der Waals surface area contributed by atoms with E-state index in [0.717, 1.165) is 17.5 Å². The van der Waals surface area contributed by atoms with Gasteiger partial charge in [-0.05, 0) is 65.9 Å². The summed E-state index contributed by atoms with van der Waals surface area (Å²) in [6.07, 6.45) is 0.889. The molecule has 1 N–H and O–H groups in total. The Morgan fingerprint density at radius 3 is 2.72 bits per heavy atom.